The molecule has 2 unspecified atom stereocenters. The average molecular weight is 319 g/mol. The maximum absolute atomic E-state index is 12.7. The Hall–Kier alpha value is -1.88. The molecule has 0 aliphatic heterocycles. The molecule has 1 aliphatic carbocycles. The minimum Gasteiger partial charge on any atom is -0.444 e. The molecule has 126 valence electrons. The van der Waals surface area contributed by atoms with Crippen LogP contribution < -0.4 is 5.32 Å². The van der Waals surface area contributed by atoms with E-state index in [2.05, 4.69) is 5.32 Å². The number of benzene rings is 1. The molecule has 0 bridgehead atoms. The summed E-state index contributed by atoms with van der Waals surface area (Å²) < 4.78 is 5.32. The number of ketones is 1. The Bertz CT molecular complexity index is 605. The van der Waals surface area contributed by atoms with Gasteiger partial charge in [0, 0.05) is 0 Å². The van der Waals surface area contributed by atoms with Crippen molar-refractivity contribution in [2.75, 3.05) is 0 Å². The van der Waals surface area contributed by atoms with Crippen molar-refractivity contribution in [2.24, 2.45) is 0 Å². The molecule has 23 heavy (non-hydrogen) atoms. The number of nitrogens with one attached hydrogen (secondary N) is 1. The molecule has 1 fully saturated rings. The molecular weight excluding hydrogens is 294 g/mol. The fourth-order valence-corrected chi connectivity index (χ4v) is 2.97. The summed E-state index contributed by atoms with van der Waals surface area (Å²) in [4.78, 5) is 25.0. The fraction of sp³-hybridized carbons (Fsp3) is 0.556. The largest absolute Gasteiger partial charge is 0.444 e. The fourth-order valence-electron chi connectivity index (χ4n) is 2.97. The lowest BCUT2D eigenvalue weighted by molar-refractivity contribution is -0.138. The Labute approximate surface area is 137 Å². The van der Waals surface area contributed by atoms with Crippen LogP contribution >= 0.6 is 0 Å². The van der Waals surface area contributed by atoms with E-state index in [0.29, 0.717) is 24.8 Å². The molecular formula is C18H25NO4. The first-order valence-corrected chi connectivity index (χ1v) is 7.95. The molecule has 0 spiro atoms. The minimum absolute atomic E-state index is 0.375. The molecule has 0 aromatic heterocycles. The van der Waals surface area contributed by atoms with Gasteiger partial charge in [-0.25, -0.2) is 4.79 Å². The molecule has 1 aliphatic rings. The van der Waals surface area contributed by atoms with Gasteiger partial charge in [-0.1, -0.05) is 29.8 Å². The first-order valence-electron chi connectivity index (χ1n) is 7.95. The van der Waals surface area contributed by atoms with Crippen molar-refractivity contribution in [1.82, 2.24) is 5.32 Å². The molecule has 2 N–H and O–H groups in total. The highest BCUT2D eigenvalue weighted by Gasteiger charge is 2.47. The van der Waals surface area contributed by atoms with Crippen molar-refractivity contribution in [3.63, 3.8) is 0 Å². The number of Topliss-reactive ketones (excluding diaryl/α,β-unsaturated/α-hetero) is 1. The molecule has 0 heterocycles. The molecule has 1 amide bonds. The van der Waals surface area contributed by atoms with Gasteiger partial charge in [0.1, 0.15) is 17.2 Å². The predicted octanol–water partition coefficient (Wildman–Crippen LogP) is 2.83. The van der Waals surface area contributed by atoms with Gasteiger partial charge in [-0.2, -0.15) is 0 Å². The first-order chi connectivity index (χ1) is 10.6. The van der Waals surface area contributed by atoms with Gasteiger partial charge < -0.3 is 15.2 Å². The molecule has 1 aromatic carbocycles. The van der Waals surface area contributed by atoms with Crippen molar-refractivity contribution in [2.45, 2.75) is 64.2 Å². The van der Waals surface area contributed by atoms with Crippen LogP contribution in [0.25, 0.3) is 0 Å². The number of aryl methyl sites for hydroxylation is 1. The first kappa shape index (κ1) is 17.5. The summed E-state index contributed by atoms with van der Waals surface area (Å²) in [5.41, 5.74) is -0.215. The van der Waals surface area contributed by atoms with Gasteiger partial charge >= 0.3 is 6.09 Å². The van der Waals surface area contributed by atoms with E-state index in [1.54, 1.807) is 26.8 Å². The Morgan fingerprint density at radius 1 is 1.39 bits per heavy atom. The van der Waals surface area contributed by atoms with Crippen LogP contribution in [0.3, 0.4) is 0 Å². The molecule has 5 nitrogen and oxygen atoms in total. The summed E-state index contributed by atoms with van der Waals surface area (Å²) in [7, 11) is 0. The number of carbonyl (C=O) groups excluding carboxylic acids is 2. The Balaban J connectivity index is 2.40. The third kappa shape index (κ3) is 3.91. The predicted molar refractivity (Wildman–Crippen MR) is 87.1 cm³/mol. The normalized spacial score (nSPS) is 25.1. The second-order valence-corrected chi connectivity index (χ2v) is 7.17. The monoisotopic (exact) mass is 319 g/mol. The molecule has 1 aromatic rings. The quantitative estimate of drug-likeness (QED) is 0.879. The highest BCUT2D eigenvalue weighted by atomic mass is 16.6. The van der Waals surface area contributed by atoms with Crippen molar-refractivity contribution >= 4 is 11.9 Å². The van der Waals surface area contributed by atoms with Crippen LogP contribution in [0.15, 0.2) is 24.3 Å². The number of hydrogen-bond donors (Lipinski definition) is 2. The number of aliphatic hydroxyl groups is 1. The zero-order valence-corrected chi connectivity index (χ0v) is 14.2. The second kappa shape index (κ2) is 6.32. The molecule has 2 rings (SSSR count). The molecule has 1 saturated carbocycles. The van der Waals surface area contributed by atoms with Gasteiger partial charge in [0.05, 0.1) is 0 Å². The maximum Gasteiger partial charge on any atom is 0.408 e. The number of aliphatic hydroxyl groups excluding tert-OH is 1. The lowest BCUT2D eigenvalue weighted by Gasteiger charge is -2.39. The summed E-state index contributed by atoms with van der Waals surface area (Å²) >= 11 is 0. The van der Waals surface area contributed by atoms with Crippen LogP contribution in [0.2, 0.25) is 0 Å². The summed E-state index contributed by atoms with van der Waals surface area (Å²) in [6, 6.07) is 7.44. The van der Waals surface area contributed by atoms with Crippen LogP contribution in [0.4, 0.5) is 4.79 Å². The standard InChI is InChI=1S/C18H25NO4/c1-12-7-5-8-13(11-12)18(10-6-9-14(20)15(18)21)19-16(22)23-17(2,3)4/h5,7-8,11,14,20H,6,9-10H2,1-4H3,(H,19,22). The van der Waals surface area contributed by atoms with Crippen molar-refractivity contribution in [3.8, 4) is 0 Å². The summed E-state index contributed by atoms with van der Waals surface area (Å²) in [5.74, 6) is -0.375. The smallest absolute Gasteiger partial charge is 0.408 e. The number of alkyl carbamates (subject to hydrolysis) is 1. The highest BCUT2D eigenvalue weighted by molar-refractivity contribution is 5.96. The van der Waals surface area contributed by atoms with E-state index in [-0.39, 0.29) is 5.78 Å². The van der Waals surface area contributed by atoms with Gasteiger partial charge in [0.25, 0.3) is 0 Å². The molecule has 0 saturated heterocycles. The van der Waals surface area contributed by atoms with E-state index in [1.807, 2.05) is 25.1 Å². The van der Waals surface area contributed by atoms with Gasteiger partial charge in [-0.3, -0.25) is 4.79 Å². The third-order valence-corrected chi connectivity index (χ3v) is 3.98. The van der Waals surface area contributed by atoms with E-state index in [4.69, 9.17) is 4.74 Å². The van der Waals surface area contributed by atoms with E-state index in [9.17, 15) is 14.7 Å². The van der Waals surface area contributed by atoms with E-state index >= 15 is 0 Å². The Morgan fingerprint density at radius 3 is 2.70 bits per heavy atom. The lowest BCUT2D eigenvalue weighted by Crippen LogP contribution is -2.58. The SMILES string of the molecule is Cc1cccc(C2(NC(=O)OC(C)(C)C)CCCC(O)C2=O)c1. The summed E-state index contributed by atoms with van der Waals surface area (Å²) in [5, 5.41) is 12.8. The second-order valence-electron chi connectivity index (χ2n) is 7.17. The van der Waals surface area contributed by atoms with Crippen LogP contribution in [-0.2, 0) is 15.1 Å². The van der Waals surface area contributed by atoms with Crippen molar-refractivity contribution in [3.05, 3.63) is 35.4 Å². The zero-order chi connectivity index (χ0) is 17.3. The topological polar surface area (TPSA) is 75.6 Å². The van der Waals surface area contributed by atoms with Gasteiger partial charge in [-0.15, -0.1) is 0 Å². The van der Waals surface area contributed by atoms with E-state index in [1.165, 1.54) is 0 Å². The molecule has 5 heteroatoms. The number of carbonyl (C=O) groups is 2. The van der Waals surface area contributed by atoms with Crippen LogP contribution in [0.5, 0.6) is 0 Å². The number of rotatable bonds is 2. The summed E-state index contributed by atoms with van der Waals surface area (Å²) in [6.45, 7) is 7.23. The molecule has 0 radical (unpaired) electrons. The zero-order valence-electron chi connectivity index (χ0n) is 14.2. The van der Waals surface area contributed by atoms with Crippen molar-refractivity contribution < 1.29 is 19.4 Å². The van der Waals surface area contributed by atoms with E-state index < -0.39 is 23.3 Å². The van der Waals surface area contributed by atoms with Crippen molar-refractivity contribution in [1.29, 1.82) is 0 Å². The average Bonchev–Trinajstić information content (AvgIpc) is 2.42. The number of ether oxygens (including phenoxy) is 1. The van der Waals surface area contributed by atoms with Gasteiger partial charge in [-0.05, 0) is 52.5 Å². The van der Waals surface area contributed by atoms with Gasteiger partial charge in [0.15, 0.2) is 5.78 Å². The van der Waals surface area contributed by atoms with Crippen LogP contribution in [0.1, 0.15) is 51.2 Å². The Morgan fingerprint density at radius 2 is 2.09 bits per heavy atom. The number of hydrogen-bond acceptors (Lipinski definition) is 4. The summed E-state index contributed by atoms with van der Waals surface area (Å²) in [6.07, 6.45) is -0.203. The lowest BCUT2D eigenvalue weighted by atomic mass is 9.74. The maximum atomic E-state index is 12.7. The number of amides is 1. The third-order valence-electron chi connectivity index (χ3n) is 3.98. The molecule has 2 atom stereocenters. The highest BCUT2D eigenvalue weighted by Crippen LogP contribution is 2.35. The van der Waals surface area contributed by atoms with Gasteiger partial charge in [0.2, 0.25) is 0 Å². The van der Waals surface area contributed by atoms with E-state index in [0.717, 1.165) is 5.56 Å². The van der Waals surface area contributed by atoms with Crippen LogP contribution in [-0.4, -0.2) is 28.7 Å². The Kier molecular flexibility index (Phi) is 4.80. The minimum atomic E-state index is -1.23. The van der Waals surface area contributed by atoms with Crippen LogP contribution in [0, 0.1) is 6.92 Å².